The molecule has 4 nitrogen and oxygen atoms in total. The van der Waals surface area contributed by atoms with Crippen molar-refractivity contribution in [1.29, 1.82) is 5.26 Å². The Morgan fingerprint density at radius 3 is 2.88 bits per heavy atom. The van der Waals surface area contributed by atoms with Gasteiger partial charge in [-0.3, -0.25) is 0 Å². The summed E-state index contributed by atoms with van der Waals surface area (Å²) in [5, 5.41) is 21.4. The topological polar surface area (TPSA) is 65.3 Å². The Balaban J connectivity index is 2.94. The van der Waals surface area contributed by atoms with E-state index in [9.17, 15) is 5.11 Å². The molecule has 1 unspecified atom stereocenters. The minimum Gasteiger partial charge on any atom is -0.394 e. The van der Waals surface area contributed by atoms with Crippen molar-refractivity contribution in [2.24, 2.45) is 0 Å². The molecule has 0 bridgehead atoms. The summed E-state index contributed by atoms with van der Waals surface area (Å²) in [6.45, 7) is 0.354. The Hall–Kier alpha value is -1.22. The summed E-state index contributed by atoms with van der Waals surface area (Å²) in [6, 6.07) is 7.59. The minimum absolute atomic E-state index is 0.0395. The summed E-state index contributed by atoms with van der Waals surface area (Å²) >= 11 is 1.53. The van der Waals surface area contributed by atoms with Gasteiger partial charge in [-0.15, -0.1) is 11.8 Å². The molecule has 0 aliphatic heterocycles. The van der Waals surface area contributed by atoms with Crippen LogP contribution in [0.25, 0.3) is 0 Å². The maximum absolute atomic E-state index is 9.18. The van der Waals surface area contributed by atoms with E-state index in [4.69, 9.17) is 10.00 Å². The van der Waals surface area contributed by atoms with Crippen LogP contribution in [-0.2, 0) is 4.74 Å². The standard InChI is InChI=1S/C12H16N2O2S/c1-16-8-9(7-15)14-11-4-3-5-12(17-2)10(11)6-13/h3-5,9,14-15H,7-8H2,1-2H3. The first-order valence-electron chi connectivity index (χ1n) is 5.20. The van der Waals surface area contributed by atoms with Crippen molar-refractivity contribution in [1.82, 2.24) is 0 Å². The van der Waals surface area contributed by atoms with Crippen molar-refractivity contribution in [3.05, 3.63) is 23.8 Å². The van der Waals surface area contributed by atoms with E-state index in [0.29, 0.717) is 12.2 Å². The number of anilines is 1. The molecular formula is C12H16N2O2S. The van der Waals surface area contributed by atoms with E-state index in [1.807, 2.05) is 24.5 Å². The predicted molar refractivity (Wildman–Crippen MR) is 69.3 cm³/mol. The normalized spacial score (nSPS) is 11.9. The first kappa shape index (κ1) is 13.8. The third-order valence-corrected chi connectivity index (χ3v) is 3.09. The molecule has 2 N–H and O–H groups in total. The monoisotopic (exact) mass is 252 g/mol. The second-order valence-corrected chi connectivity index (χ2v) is 4.32. The van der Waals surface area contributed by atoms with Crippen LogP contribution < -0.4 is 5.32 Å². The molecule has 1 atom stereocenters. The van der Waals surface area contributed by atoms with Gasteiger partial charge in [0.15, 0.2) is 0 Å². The molecule has 0 radical (unpaired) electrons. The fourth-order valence-corrected chi connectivity index (χ4v) is 2.07. The van der Waals surface area contributed by atoms with Crippen LogP contribution in [0, 0.1) is 11.3 Å². The van der Waals surface area contributed by atoms with E-state index in [2.05, 4.69) is 11.4 Å². The molecule has 1 aromatic carbocycles. The Morgan fingerprint density at radius 1 is 1.59 bits per heavy atom. The summed E-state index contributed by atoms with van der Waals surface area (Å²) in [7, 11) is 1.58. The van der Waals surface area contributed by atoms with Gasteiger partial charge < -0.3 is 15.2 Å². The molecular weight excluding hydrogens is 236 g/mol. The van der Waals surface area contributed by atoms with Crippen LogP contribution in [0.5, 0.6) is 0 Å². The number of hydrogen-bond donors (Lipinski definition) is 2. The quantitative estimate of drug-likeness (QED) is 0.754. The molecule has 0 amide bonds. The van der Waals surface area contributed by atoms with Crippen LogP contribution >= 0.6 is 11.8 Å². The first-order chi connectivity index (χ1) is 8.26. The van der Waals surface area contributed by atoms with Gasteiger partial charge in [-0.05, 0) is 18.4 Å². The molecule has 1 aromatic rings. The minimum atomic E-state index is -0.204. The highest BCUT2D eigenvalue weighted by Gasteiger charge is 2.12. The van der Waals surface area contributed by atoms with Crippen molar-refractivity contribution in [2.75, 3.05) is 31.9 Å². The molecule has 1 rings (SSSR count). The van der Waals surface area contributed by atoms with Gasteiger partial charge in [-0.2, -0.15) is 5.26 Å². The lowest BCUT2D eigenvalue weighted by atomic mass is 10.1. The number of nitrogens with one attached hydrogen (secondary N) is 1. The van der Waals surface area contributed by atoms with Gasteiger partial charge in [-0.1, -0.05) is 6.07 Å². The lowest BCUT2D eigenvalue weighted by Gasteiger charge is -2.18. The molecule has 0 aliphatic rings. The average molecular weight is 252 g/mol. The van der Waals surface area contributed by atoms with E-state index in [0.717, 1.165) is 10.6 Å². The van der Waals surface area contributed by atoms with Gasteiger partial charge in [0.1, 0.15) is 6.07 Å². The average Bonchev–Trinajstić information content (AvgIpc) is 2.37. The number of methoxy groups -OCH3 is 1. The Morgan fingerprint density at radius 2 is 2.35 bits per heavy atom. The number of nitriles is 1. The van der Waals surface area contributed by atoms with Crippen LogP contribution in [0.3, 0.4) is 0 Å². The highest BCUT2D eigenvalue weighted by molar-refractivity contribution is 7.98. The van der Waals surface area contributed by atoms with Gasteiger partial charge in [0.25, 0.3) is 0 Å². The van der Waals surface area contributed by atoms with Crippen molar-refractivity contribution < 1.29 is 9.84 Å². The number of nitrogens with zero attached hydrogens (tertiary/aromatic N) is 1. The van der Waals surface area contributed by atoms with E-state index >= 15 is 0 Å². The van der Waals surface area contributed by atoms with Crippen molar-refractivity contribution >= 4 is 17.4 Å². The number of hydrogen-bond acceptors (Lipinski definition) is 5. The van der Waals surface area contributed by atoms with Crippen LogP contribution in [0.15, 0.2) is 23.1 Å². The molecule has 0 saturated heterocycles. The fourth-order valence-electron chi connectivity index (χ4n) is 1.50. The lowest BCUT2D eigenvalue weighted by molar-refractivity contribution is 0.153. The smallest absolute Gasteiger partial charge is 0.102 e. The van der Waals surface area contributed by atoms with Crippen molar-refractivity contribution in [3.8, 4) is 6.07 Å². The van der Waals surface area contributed by atoms with Crippen LogP contribution in [0.1, 0.15) is 5.56 Å². The number of aliphatic hydroxyl groups is 1. The van der Waals surface area contributed by atoms with Gasteiger partial charge >= 0.3 is 0 Å². The summed E-state index contributed by atoms with van der Waals surface area (Å²) in [5.41, 5.74) is 1.34. The number of ether oxygens (including phenoxy) is 1. The number of benzene rings is 1. The second kappa shape index (κ2) is 7.17. The zero-order chi connectivity index (χ0) is 12.7. The molecule has 5 heteroatoms. The molecule has 0 spiro atoms. The summed E-state index contributed by atoms with van der Waals surface area (Å²) < 4.78 is 4.99. The highest BCUT2D eigenvalue weighted by atomic mass is 32.2. The van der Waals surface area contributed by atoms with Gasteiger partial charge in [0, 0.05) is 12.0 Å². The maximum Gasteiger partial charge on any atom is 0.102 e. The molecule has 17 heavy (non-hydrogen) atoms. The van der Waals surface area contributed by atoms with Crippen LogP contribution in [0.4, 0.5) is 5.69 Å². The summed E-state index contributed by atoms with van der Waals surface area (Å²) in [6.07, 6.45) is 1.93. The second-order valence-electron chi connectivity index (χ2n) is 3.47. The van der Waals surface area contributed by atoms with Gasteiger partial charge in [0.2, 0.25) is 0 Å². The third kappa shape index (κ3) is 3.63. The van der Waals surface area contributed by atoms with E-state index in [1.54, 1.807) is 7.11 Å². The van der Waals surface area contributed by atoms with E-state index < -0.39 is 0 Å². The van der Waals surface area contributed by atoms with Gasteiger partial charge in [-0.25, -0.2) is 0 Å². The lowest BCUT2D eigenvalue weighted by Crippen LogP contribution is -2.29. The molecule has 0 saturated carbocycles. The summed E-state index contributed by atoms with van der Waals surface area (Å²) in [5.74, 6) is 0. The first-order valence-corrected chi connectivity index (χ1v) is 6.42. The zero-order valence-corrected chi connectivity index (χ0v) is 10.8. The fraction of sp³-hybridized carbons (Fsp3) is 0.417. The largest absolute Gasteiger partial charge is 0.394 e. The van der Waals surface area contributed by atoms with Crippen molar-refractivity contribution in [3.63, 3.8) is 0 Å². The number of thioether (sulfide) groups is 1. The predicted octanol–water partition coefficient (Wildman–Crippen LogP) is 1.70. The molecule has 0 heterocycles. The number of aliphatic hydroxyl groups excluding tert-OH is 1. The molecule has 0 aromatic heterocycles. The Kier molecular flexibility index (Phi) is 5.84. The maximum atomic E-state index is 9.18. The van der Waals surface area contributed by atoms with Crippen LogP contribution in [-0.4, -0.2) is 37.7 Å². The van der Waals surface area contributed by atoms with Crippen molar-refractivity contribution in [2.45, 2.75) is 10.9 Å². The SMILES string of the molecule is COCC(CO)Nc1cccc(SC)c1C#N. The van der Waals surface area contributed by atoms with Gasteiger partial charge in [0.05, 0.1) is 30.5 Å². The number of rotatable bonds is 6. The van der Waals surface area contributed by atoms with E-state index in [1.165, 1.54) is 11.8 Å². The molecule has 92 valence electrons. The third-order valence-electron chi connectivity index (χ3n) is 2.31. The molecule has 0 aliphatic carbocycles. The summed E-state index contributed by atoms with van der Waals surface area (Å²) in [4.78, 5) is 0.923. The van der Waals surface area contributed by atoms with Crippen LogP contribution in [0.2, 0.25) is 0 Å². The Bertz CT molecular complexity index is 404. The zero-order valence-electron chi connectivity index (χ0n) is 9.93. The van der Waals surface area contributed by atoms with E-state index in [-0.39, 0.29) is 12.6 Å². The Labute approximate surface area is 106 Å². The molecule has 0 fully saturated rings. The highest BCUT2D eigenvalue weighted by Crippen LogP contribution is 2.26.